The summed E-state index contributed by atoms with van der Waals surface area (Å²) in [6, 6.07) is 7.86. The summed E-state index contributed by atoms with van der Waals surface area (Å²) < 4.78 is 41.3. The summed E-state index contributed by atoms with van der Waals surface area (Å²) in [6.45, 7) is 5.47. The summed E-state index contributed by atoms with van der Waals surface area (Å²) >= 11 is 0. The number of aryl methyl sites for hydroxylation is 1. The topological polar surface area (TPSA) is 113 Å². The van der Waals surface area contributed by atoms with Crippen LogP contribution >= 0.6 is 7.82 Å². The molecule has 0 fully saturated rings. The molecule has 27 heavy (non-hydrogen) atoms. The van der Waals surface area contributed by atoms with Gasteiger partial charge in [0.15, 0.2) is 0 Å². The molecule has 1 aromatic rings. The minimum atomic E-state index is -4.41. The smallest absolute Gasteiger partial charge is 0.469 e. The van der Waals surface area contributed by atoms with Gasteiger partial charge >= 0.3 is 7.82 Å². The molecule has 0 atom stereocenters. The van der Waals surface area contributed by atoms with E-state index < -0.39 is 7.82 Å². The fourth-order valence-electron chi connectivity index (χ4n) is 1.83. The van der Waals surface area contributed by atoms with Crippen LogP contribution in [-0.2, 0) is 28.0 Å². The number of phosphoric ester groups is 1. The van der Waals surface area contributed by atoms with Crippen LogP contribution in [0.15, 0.2) is 24.3 Å². The molecule has 0 bridgehead atoms. The molecule has 0 amide bonds. The maximum Gasteiger partial charge on any atom is 0.469 e. The Morgan fingerprint density at radius 2 is 1.11 bits per heavy atom. The number of phosphoric acid groups is 1. The van der Waals surface area contributed by atoms with Gasteiger partial charge in [0.25, 0.3) is 0 Å². The van der Waals surface area contributed by atoms with Crippen LogP contribution in [0.2, 0.25) is 0 Å². The molecule has 10 heteroatoms. The molecule has 0 radical (unpaired) electrons. The zero-order valence-electron chi connectivity index (χ0n) is 15.6. The molecule has 1 aromatic carbocycles. The first kappa shape index (κ1) is 24.0. The van der Waals surface area contributed by atoms with Gasteiger partial charge in [-0.1, -0.05) is 17.7 Å². The summed E-state index contributed by atoms with van der Waals surface area (Å²) in [5, 5.41) is 0. The van der Waals surface area contributed by atoms with E-state index in [9.17, 15) is 4.57 Å². The maximum atomic E-state index is 10.4. The predicted molar refractivity (Wildman–Crippen MR) is 97.9 cm³/mol. The Balaban J connectivity index is 1.75. The first-order chi connectivity index (χ1) is 13.0. The van der Waals surface area contributed by atoms with Gasteiger partial charge in [-0.15, -0.1) is 0 Å². The molecule has 0 saturated carbocycles. The third-order valence-corrected chi connectivity index (χ3v) is 3.64. The van der Waals surface area contributed by atoms with Crippen molar-refractivity contribution in [3.63, 3.8) is 0 Å². The summed E-state index contributed by atoms with van der Waals surface area (Å²) in [5.74, 6) is 0.830. The molecule has 1 rings (SSSR count). The van der Waals surface area contributed by atoms with Crippen molar-refractivity contribution in [3.8, 4) is 5.75 Å². The van der Waals surface area contributed by atoms with E-state index in [4.69, 9.17) is 33.5 Å². The second-order valence-corrected chi connectivity index (χ2v) is 6.67. The molecule has 9 nitrogen and oxygen atoms in total. The minimum Gasteiger partial charge on any atom is -0.491 e. The van der Waals surface area contributed by atoms with Crippen molar-refractivity contribution in [1.29, 1.82) is 0 Å². The molecule has 0 spiro atoms. The molecule has 0 saturated heterocycles. The lowest BCUT2D eigenvalue weighted by atomic mass is 10.2. The molecule has 2 N–H and O–H groups in total. The molecule has 0 unspecified atom stereocenters. The second kappa shape index (κ2) is 15.0. The van der Waals surface area contributed by atoms with Crippen molar-refractivity contribution < 1.29 is 42.6 Å². The quantitative estimate of drug-likeness (QED) is 0.293. The molecule has 0 aliphatic rings. The van der Waals surface area contributed by atoms with Gasteiger partial charge in [0, 0.05) is 0 Å². The summed E-state index contributed by atoms with van der Waals surface area (Å²) in [5.41, 5.74) is 1.19. The molecule has 0 heterocycles. The zero-order chi connectivity index (χ0) is 19.8. The molecular formula is C17H29O9P. The highest BCUT2D eigenvalue weighted by molar-refractivity contribution is 7.46. The number of rotatable bonds is 17. The number of ether oxygens (including phenoxy) is 5. The van der Waals surface area contributed by atoms with Crippen LogP contribution in [0.3, 0.4) is 0 Å². The van der Waals surface area contributed by atoms with Crippen molar-refractivity contribution in [3.05, 3.63) is 29.8 Å². The first-order valence-corrected chi connectivity index (χ1v) is 10.2. The average molecular weight is 408 g/mol. The molecule has 0 aliphatic heterocycles. The molecule has 156 valence electrons. The van der Waals surface area contributed by atoms with Gasteiger partial charge in [0.05, 0.1) is 59.5 Å². The summed E-state index contributed by atoms with van der Waals surface area (Å²) in [4.78, 5) is 16.9. The standard InChI is InChI=1S/C17H29O9P/c1-16-2-4-17(5-3-16)25-14-12-23-10-8-21-6-7-22-9-11-24-13-15-26-27(18,19)20/h2-5H,6-15H2,1H3,(H2,18,19,20). The Kier molecular flexibility index (Phi) is 13.3. The van der Waals surface area contributed by atoms with Crippen LogP contribution in [0, 0.1) is 6.92 Å². The van der Waals surface area contributed by atoms with Gasteiger partial charge in [-0.2, -0.15) is 0 Å². The highest BCUT2D eigenvalue weighted by atomic mass is 31.2. The van der Waals surface area contributed by atoms with Crippen LogP contribution in [0.25, 0.3) is 0 Å². The Hall–Kier alpha value is -1.03. The lowest BCUT2D eigenvalue weighted by Gasteiger charge is -2.09. The molecule has 0 aliphatic carbocycles. The van der Waals surface area contributed by atoms with E-state index in [2.05, 4.69) is 4.52 Å². The van der Waals surface area contributed by atoms with E-state index in [0.717, 1.165) is 5.75 Å². The van der Waals surface area contributed by atoms with Gasteiger partial charge in [-0.25, -0.2) is 4.57 Å². The Morgan fingerprint density at radius 3 is 1.56 bits per heavy atom. The number of hydrogen-bond donors (Lipinski definition) is 2. The van der Waals surface area contributed by atoms with E-state index >= 15 is 0 Å². The largest absolute Gasteiger partial charge is 0.491 e. The van der Waals surface area contributed by atoms with Crippen molar-refractivity contribution in [2.24, 2.45) is 0 Å². The molecule has 0 aromatic heterocycles. The van der Waals surface area contributed by atoms with Gasteiger partial charge in [0.2, 0.25) is 0 Å². The van der Waals surface area contributed by atoms with E-state index in [1.807, 2.05) is 31.2 Å². The highest BCUT2D eigenvalue weighted by Crippen LogP contribution is 2.35. The molecular weight excluding hydrogens is 379 g/mol. The van der Waals surface area contributed by atoms with E-state index in [1.54, 1.807) is 0 Å². The van der Waals surface area contributed by atoms with Crippen LogP contribution < -0.4 is 4.74 Å². The zero-order valence-corrected chi connectivity index (χ0v) is 16.5. The van der Waals surface area contributed by atoms with E-state index in [0.29, 0.717) is 52.9 Å². The summed E-state index contributed by atoms with van der Waals surface area (Å²) in [6.07, 6.45) is 0. The Labute approximate surface area is 159 Å². The normalized spacial score (nSPS) is 11.7. The van der Waals surface area contributed by atoms with Crippen molar-refractivity contribution in [2.75, 3.05) is 66.1 Å². The number of benzene rings is 1. The maximum absolute atomic E-state index is 10.4. The van der Waals surface area contributed by atoms with Crippen molar-refractivity contribution in [1.82, 2.24) is 0 Å². The lowest BCUT2D eigenvalue weighted by Crippen LogP contribution is -2.14. The Bertz CT molecular complexity index is 518. The van der Waals surface area contributed by atoms with Crippen LogP contribution in [0.5, 0.6) is 5.75 Å². The third kappa shape index (κ3) is 15.7. The van der Waals surface area contributed by atoms with Gasteiger partial charge in [-0.3, -0.25) is 4.52 Å². The second-order valence-electron chi connectivity index (χ2n) is 5.43. The first-order valence-electron chi connectivity index (χ1n) is 8.68. The van der Waals surface area contributed by atoms with E-state index in [1.165, 1.54) is 5.56 Å². The van der Waals surface area contributed by atoms with Crippen molar-refractivity contribution in [2.45, 2.75) is 6.92 Å². The SMILES string of the molecule is Cc1ccc(OCCOCCOCCOCCOCCOP(=O)(O)O)cc1. The Morgan fingerprint density at radius 1 is 0.704 bits per heavy atom. The van der Waals surface area contributed by atoms with Gasteiger partial charge in [0.1, 0.15) is 12.4 Å². The highest BCUT2D eigenvalue weighted by Gasteiger charge is 2.12. The minimum absolute atomic E-state index is 0.0932. The average Bonchev–Trinajstić information content (AvgIpc) is 2.62. The predicted octanol–water partition coefficient (Wildman–Crippen LogP) is 1.55. The van der Waals surface area contributed by atoms with Gasteiger partial charge < -0.3 is 33.5 Å². The van der Waals surface area contributed by atoms with Gasteiger partial charge in [-0.05, 0) is 19.1 Å². The van der Waals surface area contributed by atoms with Crippen LogP contribution in [-0.4, -0.2) is 75.9 Å². The monoisotopic (exact) mass is 408 g/mol. The third-order valence-electron chi connectivity index (χ3n) is 3.12. The van der Waals surface area contributed by atoms with Crippen LogP contribution in [0.1, 0.15) is 5.56 Å². The lowest BCUT2D eigenvalue weighted by molar-refractivity contribution is -0.00780. The summed E-state index contributed by atoms with van der Waals surface area (Å²) in [7, 11) is -4.41. The number of hydrogen-bond acceptors (Lipinski definition) is 7. The fourth-order valence-corrected chi connectivity index (χ4v) is 2.14. The fraction of sp³-hybridized carbons (Fsp3) is 0.647. The van der Waals surface area contributed by atoms with Crippen LogP contribution in [0.4, 0.5) is 0 Å². The van der Waals surface area contributed by atoms with Crippen molar-refractivity contribution >= 4 is 7.82 Å². The van der Waals surface area contributed by atoms with E-state index in [-0.39, 0.29) is 13.2 Å².